The molecule has 0 bridgehead atoms. The van der Waals surface area contributed by atoms with E-state index in [4.69, 9.17) is 9.72 Å². The number of aromatic nitrogens is 4. The highest BCUT2D eigenvalue weighted by molar-refractivity contribution is 7.22. The highest BCUT2D eigenvalue weighted by Crippen LogP contribution is 2.34. The van der Waals surface area contributed by atoms with Crippen LogP contribution in [0.25, 0.3) is 15.7 Å². The van der Waals surface area contributed by atoms with E-state index in [0.717, 1.165) is 64.3 Å². The van der Waals surface area contributed by atoms with Gasteiger partial charge in [-0.15, -0.1) is 0 Å². The van der Waals surface area contributed by atoms with Crippen LogP contribution in [0.5, 0.6) is 5.75 Å². The molecule has 0 unspecified atom stereocenters. The lowest BCUT2D eigenvalue weighted by molar-refractivity contribution is 0.419. The molecule has 138 valence electrons. The number of benzene rings is 1. The number of piperazine rings is 1. The highest BCUT2D eigenvalue weighted by atomic mass is 32.1. The van der Waals surface area contributed by atoms with Gasteiger partial charge in [-0.1, -0.05) is 17.4 Å². The highest BCUT2D eigenvalue weighted by Gasteiger charge is 2.23. The number of ether oxygens (including phenoxy) is 1. The second kappa shape index (κ2) is 6.38. The van der Waals surface area contributed by atoms with Gasteiger partial charge in [0.1, 0.15) is 16.8 Å². The second-order valence-electron chi connectivity index (χ2n) is 6.64. The number of fused-ring (bicyclic) bond motifs is 2. The quantitative estimate of drug-likeness (QED) is 0.545. The zero-order valence-corrected chi connectivity index (χ0v) is 16.1. The van der Waals surface area contributed by atoms with Gasteiger partial charge < -0.3 is 14.5 Å². The number of methoxy groups -OCH3 is 1. The average molecular weight is 380 g/mol. The van der Waals surface area contributed by atoms with E-state index in [1.807, 2.05) is 36.0 Å². The minimum absolute atomic E-state index is 0.834. The van der Waals surface area contributed by atoms with Crippen molar-refractivity contribution in [2.24, 2.45) is 0 Å². The molecule has 1 aromatic carbocycles. The van der Waals surface area contributed by atoms with Crippen LogP contribution < -0.4 is 14.5 Å². The summed E-state index contributed by atoms with van der Waals surface area (Å²) in [6, 6.07) is 8.17. The molecular weight excluding hydrogens is 360 g/mol. The lowest BCUT2D eigenvalue weighted by Gasteiger charge is -2.35. The molecule has 1 aliphatic rings. The third kappa shape index (κ3) is 2.76. The van der Waals surface area contributed by atoms with Crippen LogP contribution in [0.15, 0.2) is 36.7 Å². The summed E-state index contributed by atoms with van der Waals surface area (Å²) in [6.45, 7) is 5.65. The molecule has 0 saturated carbocycles. The fraction of sp³-hybridized carbons (Fsp3) is 0.316. The van der Waals surface area contributed by atoms with E-state index in [1.165, 1.54) is 0 Å². The summed E-state index contributed by atoms with van der Waals surface area (Å²) in [6.07, 6.45) is 3.72. The van der Waals surface area contributed by atoms with Gasteiger partial charge in [0, 0.05) is 38.6 Å². The topological polar surface area (TPSA) is 58.8 Å². The summed E-state index contributed by atoms with van der Waals surface area (Å²) in [5.74, 6) is 1.84. The first-order valence-corrected chi connectivity index (χ1v) is 9.79. The van der Waals surface area contributed by atoms with Gasteiger partial charge in [-0.2, -0.15) is 5.10 Å². The Bertz CT molecular complexity index is 1110. The molecule has 0 radical (unpaired) electrons. The fourth-order valence-corrected chi connectivity index (χ4v) is 4.63. The monoisotopic (exact) mass is 380 g/mol. The zero-order chi connectivity index (χ0) is 18.4. The predicted octanol–water partition coefficient (Wildman–Crippen LogP) is 2.98. The van der Waals surface area contributed by atoms with Crippen molar-refractivity contribution < 1.29 is 4.74 Å². The molecule has 4 aromatic rings. The Morgan fingerprint density at radius 1 is 1.11 bits per heavy atom. The van der Waals surface area contributed by atoms with Crippen molar-refractivity contribution in [3.63, 3.8) is 0 Å². The molecule has 8 heteroatoms. The largest absolute Gasteiger partial charge is 0.494 e. The number of rotatable bonds is 3. The lowest BCUT2D eigenvalue weighted by Crippen LogP contribution is -2.47. The molecule has 0 aliphatic carbocycles. The Morgan fingerprint density at radius 2 is 1.93 bits per heavy atom. The summed E-state index contributed by atoms with van der Waals surface area (Å²) in [4.78, 5) is 14.1. The maximum Gasteiger partial charge on any atom is 0.186 e. The van der Waals surface area contributed by atoms with E-state index < -0.39 is 0 Å². The van der Waals surface area contributed by atoms with Crippen LogP contribution in [0.2, 0.25) is 0 Å². The fourth-order valence-electron chi connectivity index (χ4n) is 3.60. The van der Waals surface area contributed by atoms with Crippen molar-refractivity contribution in [2.75, 3.05) is 43.1 Å². The number of hydrogen-bond donors (Lipinski definition) is 0. The second-order valence-corrected chi connectivity index (χ2v) is 7.65. The van der Waals surface area contributed by atoms with Crippen molar-refractivity contribution in [1.82, 2.24) is 19.6 Å². The van der Waals surface area contributed by atoms with E-state index in [-0.39, 0.29) is 0 Å². The molecule has 5 rings (SSSR count). The van der Waals surface area contributed by atoms with E-state index in [2.05, 4.69) is 32.0 Å². The molecule has 0 N–H and O–H groups in total. The van der Waals surface area contributed by atoms with E-state index >= 15 is 0 Å². The number of thiazole rings is 1. The van der Waals surface area contributed by atoms with Crippen LogP contribution in [0.4, 0.5) is 10.9 Å². The molecule has 3 aromatic heterocycles. The van der Waals surface area contributed by atoms with Gasteiger partial charge in [-0.3, -0.25) is 0 Å². The first-order chi connectivity index (χ1) is 13.2. The van der Waals surface area contributed by atoms with Crippen molar-refractivity contribution in [3.05, 3.63) is 42.4 Å². The molecule has 0 amide bonds. The van der Waals surface area contributed by atoms with Crippen LogP contribution >= 0.6 is 11.3 Å². The summed E-state index contributed by atoms with van der Waals surface area (Å²) in [5.41, 5.74) is 3.02. The van der Waals surface area contributed by atoms with Crippen molar-refractivity contribution in [3.8, 4) is 5.75 Å². The number of anilines is 2. The van der Waals surface area contributed by atoms with Gasteiger partial charge in [0.15, 0.2) is 10.9 Å². The van der Waals surface area contributed by atoms with E-state index in [1.54, 1.807) is 18.4 Å². The van der Waals surface area contributed by atoms with Gasteiger partial charge in [0.25, 0.3) is 0 Å². The van der Waals surface area contributed by atoms with Gasteiger partial charge >= 0.3 is 0 Å². The van der Waals surface area contributed by atoms with Gasteiger partial charge in [0.2, 0.25) is 0 Å². The zero-order valence-electron chi connectivity index (χ0n) is 15.3. The molecule has 4 heterocycles. The van der Waals surface area contributed by atoms with Gasteiger partial charge in [-0.25, -0.2) is 14.5 Å². The number of hydrogen-bond acceptors (Lipinski definition) is 7. The number of aryl methyl sites for hydroxylation is 1. The normalized spacial score (nSPS) is 15.0. The average Bonchev–Trinajstić information content (AvgIpc) is 3.30. The molecule has 7 nitrogen and oxygen atoms in total. The smallest absolute Gasteiger partial charge is 0.186 e. The SMILES string of the molecule is COc1cccc2sc(N3CCN(c4nccn5nc(C)cc45)CC3)nc12. The Morgan fingerprint density at radius 3 is 2.74 bits per heavy atom. The third-order valence-corrected chi connectivity index (χ3v) is 6.01. The first kappa shape index (κ1) is 16.3. The maximum absolute atomic E-state index is 5.45. The van der Waals surface area contributed by atoms with Crippen molar-refractivity contribution in [1.29, 1.82) is 0 Å². The number of para-hydroxylation sites is 1. The van der Waals surface area contributed by atoms with Gasteiger partial charge in [-0.05, 0) is 25.1 Å². The van der Waals surface area contributed by atoms with E-state index in [0.29, 0.717) is 0 Å². The molecule has 1 aliphatic heterocycles. The molecular formula is C19H20N6OS. The Labute approximate surface area is 160 Å². The van der Waals surface area contributed by atoms with Gasteiger partial charge in [0.05, 0.1) is 17.5 Å². The van der Waals surface area contributed by atoms with Crippen LogP contribution in [-0.4, -0.2) is 52.9 Å². The molecule has 0 atom stereocenters. The van der Waals surface area contributed by atoms with Crippen LogP contribution in [0, 0.1) is 6.92 Å². The minimum Gasteiger partial charge on any atom is -0.494 e. The molecule has 1 fully saturated rings. The predicted molar refractivity (Wildman–Crippen MR) is 108 cm³/mol. The third-order valence-electron chi connectivity index (χ3n) is 4.93. The van der Waals surface area contributed by atoms with Crippen LogP contribution in [-0.2, 0) is 0 Å². The summed E-state index contributed by atoms with van der Waals surface area (Å²) in [7, 11) is 1.69. The summed E-state index contributed by atoms with van der Waals surface area (Å²) < 4.78 is 8.51. The molecule has 0 spiro atoms. The Kier molecular flexibility index (Phi) is 3.86. The molecule has 27 heavy (non-hydrogen) atoms. The number of nitrogens with zero attached hydrogens (tertiary/aromatic N) is 6. The minimum atomic E-state index is 0.834. The van der Waals surface area contributed by atoms with Crippen molar-refractivity contribution >= 4 is 38.0 Å². The summed E-state index contributed by atoms with van der Waals surface area (Å²) in [5, 5.41) is 5.55. The van der Waals surface area contributed by atoms with Crippen LogP contribution in [0.1, 0.15) is 5.69 Å². The Balaban J connectivity index is 1.38. The van der Waals surface area contributed by atoms with Crippen LogP contribution in [0.3, 0.4) is 0 Å². The van der Waals surface area contributed by atoms with E-state index in [9.17, 15) is 0 Å². The summed E-state index contributed by atoms with van der Waals surface area (Å²) >= 11 is 1.72. The lowest BCUT2D eigenvalue weighted by atomic mass is 10.3. The first-order valence-electron chi connectivity index (χ1n) is 8.97. The Hall–Kier alpha value is -2.87. The van der Waals surface area contributed by atoms with Crippen molar-refractivity contribution in [2.45, 2.75) is 6.92 Å². The maximum atomic E-state index is 5.45. The standard InChI is InChI=1S/C19H20N6OS/c1-13-12-14-18(20-6-7-25(14)22-13)23-8-10-24(11-9-23)19-21-17-15(26-2)4-3-5-16(17)27-19/h3-7,12H,8-11H2,1-2H3. The molecule has 1 saturated heterocycles.